The zero-order chi connectivity index (χ0) is 28.4. The van der Waals surface area contributed by atoms with Gasteiger partial charge in [0.2, 0.25) is 0 Å². The molecule has 38 heavy (non-hydrogen) atoms. The van der Waals surface area contributed by atoms with Gasteiger partial charge in [-0.1, -0.05) is 20.8 Å². The lowest BCUT2D eigenvalue weighted by molar-refractivity contribution is -0.145. The van der Waals surface area contributed by atoms with E-state index in [0.717, 1.165) is 0 Å². The number of fused-ring (bicyclic) bond motifs is 2. The van der Waals surface area contributed by atoms with Gasteiger partial charge >= 0.3 is 12.1 Å². The van der Waals surface area contributed by atoms with Gasteiger partial charge in [0, 0.05) is 13.0 Å². The maximum absolute atomic E-state index is 15.6. The number of esters is 1. The molecule has 8 nitrogen and oxygen atoms in total. The van der Waals surface area contributed by atoms with Crippen molar-refractivity contribution >= 4 is 31.4 Å². The number of rotatable bonds is 4. The maximum Gasteiger partial charge on any atom is 0.411 e. The number of imidazole rings is 1. The molecule has 1 saturated heterocycles. The molecule has 1 fully saturated rings. The van der Waals surface area contributed by atoms with E-state index in [9.17, 15) is 9.59 Å². The van der Waals surface area contributed by atoms with Crippen LogP contribution < -0.4 is 0 Å². The Hall–Kier alpha value is -2.53. The van der Waals surface area contributed by atoms with Gasteiger partial charge in [0.05, 0.1) is 25.2 Å². The standard InChI is InChI=1S/C27H39F2N3O5Si/c1-26(2,3)36-25(34)32-13-15(37-38(8,9)27(4,5)6)12-18(32)23-30-21-19(28)16-10-14(24(33)35-7)11-17(16)20(29)22(21)31-23/h14-15,18H,10-13H2,1-9H3,(H,30,31)/t15-,18+/m1/s1. The number of halogens is 2. The van der Waals surface area contributed by atoms with Crippen LogP contribution in [0.1, 0.15) is 71.0 Å². The zero-order valence-corrected chi connectivity index (χ0v) is 24.8. The van der Waals surface area contributed by atoms with Gasteiger partial charge in [0.1, 0.15) is 22.5 Å². The number of likely N-dealkylation sites (tertiary alicyclic amines) is 1. The van der Waals surface area contributed by atoms with Crippen LogP contribution in [0.25, 0.3) is 11.0 Å². The summed E-state index contributed by atoms with van der Waals surface area (Å²) in [7, 11) is -0.900. The second kappa shape index (κ2) is 9.58. The highest BCUT2D eigenvalue weighted by molar-refractivity contribution is 6.74. The smallest absolute Gasteiger partial charge is 0.411 e. The van der Waals surface area contributed by atoms with E-state index < -0.39 is 49.6 Å². The van der Waals surface area contributed by atoms with Crippen molar-refractivity contribution in [1.82, 2.24) is 14.9 Å². The van der Waals surface area contributed by atoms with Crippen LogP contribution in [0.3, 0.4) is 0 Å². The predicted molar refractivity (Wildman–Crippen MR) is 141 cm³/mol. The first-order valence-corrected chi connectivity index (χ1v) is 16.0. The van der Waals surface area contributed by atoms with Crippen LogP contribution in [-0.2, 0) is 31.5 Å². The average Bonchev–Trinajstić information content (AvgIpc) is 3.51. The second-order valence-corrected chi connectivity index (χ2v) is 17.7. The summed E-state index contributed by atoms with van der Waals surface area (Å²) < 4.78 is 48.2. The Morgan fingerprint density at radius 1 is 1.05 bits per heavy atom. The molecular weight excluding hydrogens is 512 g/mol. The maximum atomic E-state index is 15.6. The second-order valence-electron chi connectivity index (χ2n) is 12.9. The van der Waals surface area contributed by atoms with Crippen LogP contribution in [0.2, 0.25) is 18.1 Å². The summed E-state index contributed by atoms with van der Waals surface area (Å²) in [6, 6.07) is -0.608. The molecule has 1 aromatic carbocycles. The van der Waals surface area contributed by atoms with Crippen molar-refractivity contribution in [3.05, 3.63) is 28.6 Å². The number of nitrogens with zero attached hydrogens (tertiary/aromatic N) is 2. The first-order valence-electron chi connectivity index (χ1n) is 13.1. The summed E-state index contributed by atoms with van der Waals surface area (Å²) in [6.45, 7) is 16.4. The molecule has 1 aliphatic heterocycles. The van der Waals surface area contributed by atoms with Crippen LogP contribution in [0, 0.1) is 17.6 Å². The Bertz CT molecular complexity index is 1220. The highest BCUT2D eigenvalue weighted by Crippen LogP contribution is 2.42. The summed E-state index contributed by atoms with van der Waals surface area (Å²) in [5, 5.41) is -0.0317. The summed E-state index contributed by atoms with van der Waals surface area (Å²) in [5.74, 6) is -2.13. The molecule has 2 heterocycles. The highest BCUT2D eigenvalue weighted by Gasteiger charge is 2.46. The molecule has 1 amide bonds. The molecule has 1 aliphatic carbocycles. The Morgan fingerprint density at radius 3 is 2.21 bits per heavy atom. The number of aromatic nitrogens is 2. The number of aromatic amines is 1. The fourth-order valence-corrected chi connectivity index (χ4v) is 6.37. The normalized spacial score (nSPS) is 20.8. The molecule has 1 N–H and O–H groups in total. The average molecular weight is 552 g/mol. The lowest BCUT2D eigenvalue weighted by atomic mass is 10.1. The number of hydrogen-bond donors (Lipinski definition) is 1. The summed E-state index contributed by atoms with van der Waals surface area (Å²) in [4.78, 5) is 34.2. The van der Waals surface area contributed by atoms with E-state index in [2.05, 4.69) is 43.8 Å². The number of hydrogen-bond acceptors (Lipinski definition) is 6. The van der Waals surface area contributed by atoms with Crippen LogP contribution >= 0.6 is 0 Å². The highest BCUT2D eigenvalue weighted by atomic mass is 28.4. The first-order chi connectivity index (χ1) is 17.4. The van der Waals surface area contributed by atoms with Crippen LogP contribution in [0.5, 0.6) is 0 Å². The van der Waals surface area contributed by atoms with Crippen LogP contribution in [-0.4, -0.2) is 60.6 Å². The molecule has 1 aromatic heterocycles. The van der Waals surface area contributed by atoms with E-state index in [0.29, 0.717) is 6.42 Å². The number of amides is 1. The van der Waals surface area contributed by atoms with E-state index >= 15 is 8.78 Å². The third kappa shape index (κ3) is 5.19. The summed E-state index contributed by atoms with van der Waals surface area (Å²) >= 11 is 0. The van der Waals surface area contributed by atoms with Crippen molar-refractivity contribution in [3.8, 4) is 0 Å². The lowest BCUT2D eigenvalue weighted by Crippen LogP contribution is -2.45. The van der Waals surface area contributed by atoms with Gasteiger partial charge in [-0.05, 0) is 62.9 Å². The van der Waals surface area contributed by atoms with Crippen molar-refractivity contribution in [2.45, 2.75) is 96.7 Å². The minimum Gasteiger partial charge on any atom is -0.469 e. The Balaban J connectivity index is 1.71. The minimum atomic E-state index is -2.16. The summed E-state index contributed by atoms with van der Waals surface area (Å²) in [6.07, 6.45) is -0.279. The SMILES string of the molecule is COC(=O)C1Cc2c(c(F)c3[nH]c([C@@H]4C[C@@H](O[Si](C)(C)C(C)(C)C)CN4C(=O)OC(C)(C)C)nc3c2F)C1. The quantitative estimate of drug-likeness (QED) is 0.381. The van der Waals surface area contributed by atoms with Gasteiger partial charge in [0.15, 0.2) is 20.0 Å². The molecule has 2 aliphatic rings. The number of benzene rings is 1. The van der Waals surface area contributed by atoms with E-state index in [-0.39, 0.29) is 58.5 Å². The van der Waals surface area contributed by atoms with Crippen molar-refractivity contribution in [1.29, 1.82) is 0 Å². The first kappa shape index (κ1) is 28.5. The van der Waals surface area contributed by atoms with Gasteiger partial charge in [0.25, 0.3) is 0 Å². The Kier molecular flexibility index (Phi) is 7.18. The third-order valence-electron chi connectivity index (χ3n) is 7.95. The van der Waals surface area contributed by atoms with E-state index in [1.54, 1.807) is 20.8 Å². The van der Waals surface area contributed by atoms with E-state index in [1.807, 2.05) is 0 Å². The fraction of sp³-hybridized carbons (Fsp3) is 0.667. The number of methoxy groups -OCH3 is 1. The molecule has 2 aromatic rings. The molecule has 210 valence electrons. The molecule has 3 atom stereocenters. The van der Waals surface area contributed by atoms with Gasteiger partial charge in [-0.3, -0.25) is 9.69 Å². The monoisotopic (exact) mass is 551 g/mol. The van der Waals surface area contributed by atoms with Crippen molar-refractivity contribution in [3.63, 3.8) is 0 Å². The largest absolute Gasteiger partial charge is 0.469 e. The van der Waals surface area contributed by atoms with E-state index in [1.165, 1.54) is 12.0 Å². The van der Waals surface area contributed by atoms with Crippen LogP contribution in [0.4, 0.5) is 13.6 Å². The molecular formula is C27H39F2N3O5Si. The van der Waals surface area contributed by atoms with Gasteiger partial charge in [-0.2, -0.15) is 0 Å². The molecule has 4 rings (SSSR count). The molecule has 11 heteroatoms. The van der Waals surface area contributed by atoms with Crippen LogP contribution in [0.15, 0.2) is 0 Å². The lowest BCUT2D eigenvalue weighted by Gasteiger charge is -2.38. The fourth-order valence-electron chi connectivity index (χ4n) is 5.01. The van der Waals surface area contributed by atoms with Gasteiger partial charge in [-0.15, -0.1) is 0 Å². The zero-order valence-electron chi connectivity index (χ0n) is 23.8. The predicted octanol–water partition coefficient (Wildman–Crippen LogP) is 5.80. The molecule has 0 bridgehead atoms. The minimum absolute atomic E-state index is 0.0317. The van der Waals surface area contributed by atoms with Crippen molar-refractivity contribution < 1.29 is 32.3 Å². The van der Waals surface area contributed by atoms with Crippen molar-refractivity contribution in [2.24, 2.45) is 5.92 Å². The number of carbonyl (C=O) groups excluding carboxylic acids is 2. The Morgan fingerprint density at radius 2 is 1.66 bits per heavy atom. The molecule has 0 spiro atoms. The topological polar surface area (TPSA) is 93.8 Å². The number of ether oxygens (including phenoxy) is 2. The number of H-pyrrole nitrogens is 1. The van der Waals surface area contributed by atoms with Crippen molar-refractivity contribution in [2.75, 3.05) is 13.7 Å². The number of nitrogens with one attached hydrogen (secondary N) is 1. The molecule has 0 saturated carbocycles. The Labute approximate surface area is 223 Å². The van der Waals surface area contributed by atoms with Gasteiger partial charge < -0.3 is 18.9 Å². The van der Waals surface area contributed by atoms with E-state index in [4.69, 9.17) is 13.9 Å². The molecule has 0 radical (unpaired) electrons. The number of carbonyl (C=O) groups is 2. The van der Waals surface area contributed by atoms with Gasteiger partial charge in [-0.25, -0.2) is 18.6 Å². The molecule has 1 unspecified atom stereocenters. The third-order valence-corrected chi connectivity index (χ3v) is 12.5. The summed E-state index contributed by atoms with van der Waals surface area (Å²) in [5.41, 5.74) is -0.615.